The van der Waals surface area contributed by atoms with Gasteiger partial charge in [-0.25, -0.2) is 10.9 Å². The lowest BCUT2D eigenvalue weighted by Gasteiger charge is -1.99. The van der Waals surface area contributed by atoms with Crippen LogP contribution in [0.3, 0.4) is 0 Å². The third-order valence-corrected chi connectivity index (χ3v) is 6.89. The fourth-order valence-corrected chi connectivity index (χ4v) is 4.78. The molecule has 0 aliphatic carbocycles. The first kappa shape index (κ1) is 24.2. The molecular weight excluding hydrogens is 484 g/mol. The highest BCUT2D eigenvalue weighted by molar-refractivity contribution is 8.03. The van der Waals surface area contributed by atoms with Crippen LogP contribution in [0.15, 0.2) is 67.4 Å². The van der Waals surface area contributed by atoms with Crippen LogP contribution in [0.25, 0.3) is 0 Å². The highest BCUT2D eigenvalue weighted by atomic mass is 32.2. The van der Waals surface area contributed by atoms with E-state index in [1.807, 2.05) is 0 Å². The van der Waals surface area contributed by atoms with Crippen molar-refractivity contribution < 1.29 is 19.8 Å². The number of carbonyl (C=O) groups is 2. The molecule has 33 heavy (non-hydrogen) atoms. The van der Waals surface area contributed by atoms with Crippen LogP contribution < -0.4 is 10.9 Å². The summed E-state index contributed by atoms with van der Waals surface area (Å²) in [6, 6.07) is 13.3. The summed E-state index contributed by atoms with van der Waals surface area (Å²) in [5, 5.41) is 34.9. The molecule has 3 rings (SSSR count). The van der Waals surface area contributed by atoms with Crippen LogP contribution in [0.2, 0.25) is 0 Å². The number of para-hydroxylation sites is 2. The van der Waals surface area contributed by atoms with E-state index < -0.39 is 0 Å². The normalized spacial score (nSPS) is 11.2. The Hall–Kier alpha value is -3.42. The highest BCUT2D eigenvalue weighted by Crippen LogP contribution is 2.28. The summed E-state index contributed by atoms with van der Waals surface area (Å²) in [5.41, 5.74) is 5.74. The third kappa shape index (κ3) is 8.21. The van der Waals surface area contributed by atoms with Gasteiger partial charge in [-0.3, -0.25) is 9.59 Å². The van der Waals surface area contributed by atoms with Gasteiger partial charge in [-0.05, 0) is 24.3 Å². The maximum absolute atomic E-state index is 11.9. The minimum Gasteiger partial charge on any atom is -0.507 e. The first-order valence-corrected chi connectivity index (χ1v) is 12.1. The van der Waals surface area contributed by atoms with E-state index in [0.717, 1.165) is 0 Å². The summed E-state index contributed by atoms with van der Waals surface area (Å²) >= 11 is 3.65. The number of amides is 2. The standard InChI is InChI=1S/C20H18N6O4S3/c27-15-7-3-1-5-13(15)9-21-23-17(29)11-31-19-25-26-20(33-19)32-12-18(30)24-22-10-14-6-2-4-8-16(14)28/h1-10,27-28H,11-12H2,(H,23,29)(H,24,30)/b21-9-,22-10-. The predicted molar refractivity (Wildman–Crippen MR) is 129 cm³/mol. The number of nitrogens with zero attached hydrogens (tertiary/aromatic N) is 4. The fourth-order valence-electron chi connectivity index (χ4n) is 2.17. The molecule has 0 saturated carbocycles. The molecule has 2 aromatic carbocycles. The number of hydrogen-bond donors (Lipinski definition) is 4. The Morgan fingerprint density at radius 2 is 1.24 bits per heavy atom. The number of nitrogens with one attached hydrogen (secondary N) is 2. The zero-order chi connectivity index (χ0) is 23.5. The molecule has 0 radical (unpaired) electrons. The summed E-state index contributed by atoms with van der Waals surface area (Å²) in [6.45, 7) is 0. The van der Waals surface area contributed by atoms with Gasteiger partial charge < -0.3 is 10.2 Å². The molecule has 0 aliphatic heterocycles. The average molecular weight is 503 g/mol. The lowest BCUT2D eigenvalue weighted by molar-refractivity contribution is -0.119. The van der Waals surface area contributed by atoms with Crippen molar-refractivity contribution >= 4 is 59.1 Å². The van der Waals surface area contributed by atoms with Gasteiger partial charge in [0.2, 0.25) is 0 Å². The van der Waals surface area contributed by atoms with Gasteiger partial charge >= 0.3 is 0 Å². The third-order valence-electron chi connectivity index (χ3n) is 3.70. The van der Waals surface area contributed by atoms with Crippen molar-refractivity contribution in [3.8, 4) is 11.5 Å². The molecule has 0 fully saturated rings. The summed E-state index contributed by atoms with van der Waals surface area (Å²) in [5.74, 6) is -0.368. The molecule has 10 nitrogen and oxygen atoms in total. The Balaban J connectivity index is 1.36. The fraction of sp³-hybridized carbons (Fsp3) is 0.100. The van der Waals surface area contributed by atoms with Crippen molar-refractivity contribution in [2.75, 3.05) is 11.5 Å². The molecule has 13 heteroatoms. The first-order chi connectivity index (χ1) is 16.0. The predicted octanol–water partition coefficient (Wildman–Crippen LogP) is 2.43. The lowest BCUT2D eigenvalue weighted by atomic mass is 10.2. The van der Waals surface area contributed by atoms with E-state index in [2.05, 4.69) is 31.3 Å². The van der Waals surface area contributed by atoms with Crippen LogP contribution in [0.1, 0.15) is 11.1 Å². The highest BCUT2D eigenvalue weighted by Gasteiger charge is 2.10. The van der Waals surface area contributed by atoms with Gasteiger partial charge in [0, 0.05) is 11.1 Å². The SMILES string of the molecule is O=C(CSc1nnc(SCC(=O)N/N=C\c2ccccc2O)s1)N/N=C\c1ccccc1O. The summed E-state index contributed by atoms with van der Waals surface area (Å²) < 4.78 is 1.16. The van der Waals surface area contributed by atoms with Crippen LogP contribution in [0.5, 0.6) is 11.5 Å². The molecule has 1 aromatic heterocycles. The number of aromatic nitrogens is 2. The summed E-state index contributed by atoms with van der Waals surface area (Å²) in [4.78, 5) is 23.8. The molecule has 2 amide bonds. The van der Waals surface area contributed by atoms with Crippen molar-refractivity contribution in [1.29, 1.82) is 0 Å². The minimum absolute atomic E-state index is 0.0692. The quantitative estimate of drug-likeness (QED) is 0.188. The Morgan fingerprint density at radius 1 is 0.818 bits per heavy atom. The van der Waals surface area contributed by atoms with E-state index in [1.54, 1.807) is 36.4 Å². The van der Waals surface area contributed by atoms with Crippen molar-refractivity contribution in [3.63, 3.8) is 0 Å². The van der Waals surface area contributed by atoms with E-state index in [0.29, 0.717) is 19.8 Å². The lowest BCUT2D eigenvalue weighted by Crippen LogP contribution is -2.19. The number of hydrogen-bond acceptors (Lipinski definition) is 11. The van der Waals surface area contributed by atoms with Crippen molar-refractivity contribution in [1.82, 2.24) is 21.0 Å². The van der Waals surface area contributed by atoms with Crippen molar-refractivity contribution in [3.05, 3.63) is 59.7 Å². The molecule has 0 bridgehead atoms. The smallest absolute Gasteiger partial charge is 0.250 e. The number of thioether (sulfide) groups is 2. The van der Waals surface area contributed by atoms with E-state index in [4.69, 9.17) is 0 Å². The van der Waals surface area contributed by atoms with Crippen LogP contribution in [0.4, 0.5) is 0 Å². The zero-order valence-corrected chi connectivity index (χ0v) is 19.4. The van der Waals surface area contributed by atoms with Gasteiger partial charge in [-0.15, -0.1) is 10.2 Å². The van der Waals surface area contributed by atoms with Crippen LogP contribution >= 0.6 is 34.9 Å². The average Bonchev–Trinajstić information content (AvgIpc) is 3.27. The second-order valence-corrected chi connectivity index (χ2v) is 9.54. The second kappa shape index (κ2) is 12.6. The Labute approximate surface area is 201 Å². The maximum atomic E-state index is 11.9. The maximum Gasteiger partial charge on any atom is 0.250 e. The molecule has 0 unspecified atom stereocenters. The molecule has 0 atom stereocenters. The molecule has 0 spiro atoms. The summed E-state index contributed by atoms with van der Waals surface area (Å²) in [6.07, 6.45) is 2.71. The number of carbonyl (C=O) groups excluding carboxylic acids is 2. The van der Waals surface area contributed by atoms with E-state index >= 15 is 0 Å². The number of hydrazone groups is 2. The first-order valence-electron chi connectivity index (χ1n) is 9.30. The molecule has 3 aromatic rings. The van der Waals surface area contributed by atoms with Gasteiger partial charge in [-0.2, -0.15) is 10.2 Å². The molecule has 170 valence electrons. The van der Waals surface area contributed by atoms with Crippen LogP contribution in [0, 0.1) is 0 Å². The van der Waals surface area contributed by atoms with Gasteiger partial charge in [0.25, 0.3) is 11.8 Å². The monoisotopic (exact) mass is 502 g/mol. The van der Waals surface area contributed by atoms with Crippen molar-refractivity contribution in [2.24, 2.45) is 10.2 Å². The summed E-state index contributed by atoms with van der Waals surface area (Å²) in [7, 11) is 0. The van der Waals surface area contributed by atoms with E-state index in [-0.39, 0.29) is 34.8 Å². The van der Waals surface area contributed by atoms with E-state index in [9.17, 15) is 19.8 Å². The number of aromatic hydroxyl groups is 2. The number of rotatable bonds is 10. The van der Waals surface area contributed by atoms with E-state index in [1.165, 1.54) is 59.4 Å². The largest absolute Gasteiger partial charge is 0.507 e. The van der Waals surface area contributed by atoms with Crippen molar-refractivity contribution in [2.45, 2.75) is 8.68 Å². The van der Waals surface area contributed by atoms with Gasteiger partial charge in [0.1, 0.15) is 11.5 Å². The second-order valence-electron chi connectivity index (χ2n) is 6.12. The van der Waals surface area contributed by atoms with Gasteiger partial charge in [0.05, 0.1) is 23.9 Å². The minimum atomic E-state index is -0.335. The van der Waals surface area contributed by atoms with Crippen LogP contribution in [-0.4, -0.2) is 56.2 Å². The molecule has 4 N–H and O–H groups in total. The topological polar surface area (TPSA) is 149 Å². The Morgan fingerprint density at radius 3 is 1.67 bits per heavy atom. The molecule has 1 heterocycles. The number of benzene rings is 2. The molecule has 0 aliphatic rings. The van der Waals surface area contributed by atoms with Gasteiger partial charge in [0.15, 0.2) is 8.68 Å². The number of phenols is 2. The zero-order valence-electron chi connectivity index (χ0n) is 16.9. The number of phenolic OH excluding ortho intramolecular Hbond substituents is 2. The van der Waals surface area contributed by atoms with Crippen LogP contribution in [-0.2, 0) is 9.59 Å². The Bertz CT molecular complexity index is 1080. The molecule has 0 saturated heterocycles. The molecular formula is C20H18N6O4S3. The van der Waals surface area contributed by atoms with Gasteiger partial charge in [-0.1, -0.05) is 59.1 Å². The Kier molecular flexibility index (Phi) is 9.23.